The maximum atomic E-state index is 6.56. The second kappa shape index (κ2) is 1.74. The van der Waals surface area contributed by atoms with Crippen molar-refractivity contribution in [3.05, 3.63) is 0 Å². The van der Waals surface area contributed by atoms with Gasteiger partial charge in [0.1, 0.15) is 0 Å². The molecule has 0 radical (unpaired) electrons. The van der Waals surface area contributed by atoms with E-state index in [-0.39, 0.29) is 0 Å². The third-order valence-electron chi connectivity index (χ3n) is 0. The zero-order chi connectivity index (χ0) is 3.58. The summed E-state index contributed by atoms with van der Waals surface area (Å²) in [6, 6.07) is 0. The quantitative estimate of drug-likeness (QED) is 0.328. The molecule has 1 unspecified atom stereocenters. The van der Waals surface area contributed by atoms with Gasteiger partial charge in [-0.15, -0.1) is 9.87 Å². The second-order valence-corrected chi connectivity index (χ2v) is 3.69. The lowest BCUT2D eigenvalue weighted by molar-refractivity contribution is 1.65. The average molecular weight is 95.1 g/mol. The normalized spacial score (nSPS) is 15.2. The highest BCUT2D eigenvalue weighted by Gasteiger charge is 1.30. The van der Waals surface area contributed by atoms with Crippen molar-refractivity contribution in [2.24, 2.45) is 0 Å². The third-order valence-corrected chi connectivity index (χ3v) is 0. The summed E-state index contributed by atoms with van der Waals surface area (Å²) in [7, 11) is 2.48. The van der Waals surface area contributed by atoms with E-state index in [2.05, 4.69) is 8.02 Å². The molecule has 4 heavy (non-hydrogen) atoms. The van der Waals surface area contributed by atoms with E-state index >= 15 is 0 Å². The highest BCUT2D eigenvalue weighted by Crippen LogP contribution is 1.58. The van der Waals surface area contributed by atoms with E-state index in [0.717, 1.165) is 0 Å². The summed E-state index contributed by atoms with van der Waals surface area (Å²) < 4.78 is 6.56. The molecular weight excluding hydrogens is 89.1 g/mol. The minimum absolute atomic E-state index is 0.565. The Balaban J connectivity index is 3.51. The van der Waals surface area contributed by atoms with E-state index < -0.39 is 9.87 Å². The maximum absolute atomic E-state index is 6.56. The molecule has 0 spiro atoms. The molecule has 0 saturated carbocycles. The fraction of sp³-hybridized carbons (Fsp3) is 1.00. The molecule has 0 aliphatic heterocycles. The monoisotopic (exact) mass is 95.0 g/mol. The van der Waals surface area contributed by atoms with Gasteiger partial charge in [-0.05, 0) is 6.26 Å². The Bertz CT molecular complexity index is 56.4. The van der Waals surface area contributed by atoms with Crippen molar-refractivity contribution >= 4 is 17.9 Å². The van der Waals surface area contributed by atoms with Gasteiger partial charge < -0.3 is 0 Å². The van der Waals surface area contributed by atoms with Gasteiger partial charge in [0.05, 0.1) is 0 Å². The van der Waals surface area contributed by atoms with Gasteiger partial charge in [-0.3, -0.25) is 4.78 Å². The Kier molecular flexibility index (Phi) is 1.94. The summed E-state index contributed by atoms with van der Waals surface area (Å²) in [5.74, 6) is 0. The van der Waals surface area contributed by atoms with Gasteiger partial charge in [-0.25, -0.2) is 0 Å². The van der Waals surface area contributed by atoms with Crippen molar-refractivity contribution in [1.82, 2.24) is 0 Å². The molecule has 0 aromatic carbocycles. The largest absolute Gasteiger partial charge is 0.286 e. The standard InChI is InChI=1S/CH6NPS/c1-4(2)3/h2-4H,1H3. The summed E-state index contributed by atoms with van der Waals surface area (Å²) >= 11 is 0. The van der Waals surface area contributed by atoms with Crippen molar-refractivity contribution in [2.45, 2.75) is 0 Å². The third kappa shape index (κ3) is 25.4. The fourth-order valence-electron chi connectivity index (χ4n) is 0. The first kappa shape index (κ1) is 4.45. The van der Waals surface area contributed by atoms with Gasteiger partial charge in [0, 0.05) is 0 Å². The molecule has 26 valence electrons. The van der Waals surface area contributed by atoms with Crippen LogP contribution in [0.15, 0.2) is 0 Å². The van der Waals surface area contributed by atoms with E-state index in [1.807, 2.05) is 6.26 Å². The van der Waals surface area contributed by atoms with Crippen LogP contribution in [0.25, 0.3) is 0 Å². The Labute approximate surface area is 29.8 Å². The van der Waals surface area contributed by atoms with Crippen molar-refractivity contribution in [1.29, 1.82) is 4.78 Å². The molecule has 0 amide bonds. The first-order valence-corrected chi connectivity index (χ1v) is 4.02. The van der Waals surface area contributed by atoms with E-state index in [0.29, 0.717) is 0 Å². The number of hydrogen-bond acceptors (Lipinski definition) is 1. The van der Waals surface area contributed by atoms with Crippen molar-refractivity contribution in [2.75, 3.05) is 6.26 Å². The van der Waals surface area contributed by atoms with Crippen molar-refractivity contribution in [3.63, 3.8) is 0 Å². The van der Waals surface area contributed by atoms with Gasteiger partial charge in [0.2, 0.25) is 0 Å². The predicted molar refractivity (Wildman–Crippen MR) is 25.7 cm³/mol. The number of hydrogen-bond donors (Lipinski definition) is 2. The van der Waals surface area contributed by atoms with Gasteiger partial charge in [-0.1, -0.05) is 8.02 Å². The Morgan fingerprint density at radius 1 is 2.00 bits per heavy atom. The van der Waals surface area contributed by atoms with Gasteiger partial charge >= 0.3 is 0 Å². The first-order valence-electron chi connectivity index (χ1n) is 0.894. The lowest BCUT2D eigenvalue weighted by atomic mass is 12.0. The van der Waals surface area contributed by atoms with Crippen LogP contribution in [0.5, 0.6) is 0 Å². The van der Waals surface area contributed by atoms with Crippen LogP contribution in [-0.4, -0.2) is 6.26 Å². The molecule has 1 atom stereocenters. The molecule has 1 nitrogen and oxygen atoms in total. The van der Waals surface area contributed by atoms with Gasteiger partial charge in [-0.2, -0.15) is 0 Å². The zero-order valence-corrected chi connectivity index (χ0v) is 4.34. The van der Waals surface area contributed by atoms with E-state index in [4.69, 9.17) is 4.78 Å². The van der Waals surface area contributed by atoms with Crippen LogP contribution < -0.4 is 0 Å². The fourth-order valence-corrected chi connectivity index (χ4v) is 0. The Hall–Kier alpha value is 0.450. The number of thiol groups is 1. The molecule has 0 aromatic rings. The number of nitrogens with one attached hydrogen (secondary N) is 1. The van der Waals surface area contributed by atoms with Crippen LogP contribution in [0.4, 0.5) is 0 Å². The van der Waals surface area contributed by atoms with Crippen LogP contribution >= 0.6 is 8.02 Å². The highest BCUT2D eigenvalue weighted by molar-refractivity contribution is 8.07. The Morgan fingerprint density at radius 3 is 2.00 bits per heavy atom. The summed E-state index contributed by atoms with van der Waals surface area (Å²) in [6.45, 7) is 0. The summed E-state index contributed by atoms with van der Waals surface area (Å²) in [5.41, 5.74) is 0. The predicted octanol–water partition coefficient (Wildman–Crippen LogP) is 0.787. The lowest BCUT2D eigenvalue weighted by Crippen LogP contribution is -1.40. The van der Waals surface area contributed by atoms with E-state index in [1.165, 1.54) is 0 Å². The second-order valence-electron chi connectivity index (χ2n) is 0.559. The van der Waals surface area contributed by atoms with Crippen LogP contribution in [0, 0.1) is 4.78 Å². The van der Waals surface area contributed by atoms with Gasteiger partial charge in [0.25, 0.3) is 0 Å². The molecule has 0 aliphatic rings. The SMILES string of the molecule is C[SH](=N)=P. The molecule has 0 fully saturated rings. The lowest BCUT2D eigenvalue weighted by Gasteiger charge is -1.53. The van der Waals surface area contributed by atoms with Crippen LogP contribution in [-0.2, 0) is 9.87 Å². The van der Waals surface area contributed by atoms with E-state index in [9.17, 15) is 0 Å². The van der Waals surface area contributed by atoms with Gasteiger partial charge in [0.15, 0.2) is 0 Å². The summed E-state index contributed by atoms with van der Waals surface area (Å²) in [6.07, 6.45) is 1.81. The van der Waals surface area contributed by atoms with Crippen LogP contribution in [0.1, 0.15) is 0 Å². The maximum Gasteiger partial charge on any atom is -0.0125 e. The molecule has 0 aliphatic carbocycles. The van der Waals surface area contributed by atoms with Crippen LogP contribution in [0.3, 0.4) is 0 Å². The van der Waals surface area contributed by atoms with Crippen molar-refractivity contribution < 1.29 is 0 Å². The molecule has 0 bridgehead atoms. The molecule has 1 N–H and O–H groups in total. The zero-order valence-electron chi connectivity index (χ0n) is 2.45. The molecule has 3 heteroatoms. The average Bonchev–Trinajstić information content (AvgIpc) is 0.811. The highest BCUT2D eigenvalue weighted by atomic mass is 32.5. The minimum Gasteiger partial charge on any atom is -0.286 e. The minimum atomic E-state index is -0.565. The molecule has 0 heterocycles. The summed E-state index contributed by atoms with van der Waals surface area (Å²) in [5, 5.41) is 0. The topological polar surface area (TPSA) is 23.9 Å². The molecule has 0 rings (SSSR count). The first-order chi connectivity index (χ1) is 1.73. The molecular formula is CH6NPS. The van der Waals surface area contributed by atoms with Crippen molar-refractivity contribution in [3.8, 4) is 0 Å². The molecule has 0 saturated heterocycles. The molecule has 0 aromatic heterocycles. The smallest absolute Gasteiger partial charge is 0.0125 e. The summed E-state index contributed by atoms with van der Waals surface area (Å²) in [4.78, 5) is 0. The Morgan fingerprint density at radius 2 is 2.00 bits per heavy atom. The number of rotatable bonds is 0. The van der Waals surface area contributed by atoms with E-state index in [1.54, 1.807) is 0 Å². The van der Waals surface area contributed by atoms with Crippen LogP contribution in [0.2, 0.25) is 0 Å².